The number of carbonyl (C=O) groups excluding carboxylic acids is 2. The molecule has 1 N–H and O–H groups in total. The normalized spacial score (nSPS) is 13.6. The van der Waals surface area contributed by atoms with Crippen LogP contribution < -0.4 is 0 Å². The predicted octanol–water partition coefficient (Wildman–Crippen LogP) is -0.309. The third-order valence-electron chi connectivity index (χ3n) is 0.668. The quantitative estimate of drug-likeness (QED) is 0.419. The molecule has 0 aliphatic carbocycles. The monoisotopic (exact) mass is 128 g/mol. The molecule has 9 heavy (non-hydrogen) atoms. The minimum absolute atomic E-state index is 0.184. The van der Waals surface area contributed by atoms with Crippen LogP contribution in [0.5, 0.6) is 0 Å². The second-order valence-corrected chi connectivity index (χ2v) is 1.60. The van der Waals surface area contributed by atoms with Crippen LogP contribution >= 0.6 is 0 Å². The maximum absolute atomic E-state index is 10.2. The number of ketones is 1. The third-order valence-corrected chi connectivity index (χ3v) is 0.668. The van der Waals surface area contributed by atoms with E-state index in [9.17, 15) is 9.59 Å². The summed E-state index contributed by atoms with van der Waals surface area (Å²) >= 11 is 0. The summed E-state index contributed by atoms with van der Waals surface area (Å²) in [6, 6.07) is 0. The summed E-state index contributed by atoms with van der Waals surface area (Å²) in [6.07, 6.45) is 1.49. The van der Waals surface area contributed by atoms with E-state index in [2.05, 4.69) is 0 Å². The molecule has 0 radical (unpaired) electrons. The zero-order valence-electron chi connectivity index (χ0n) is 5.07. The van der Waals surface area contributed by atoms with E-state index in [0.717, 1.165) is 12.2 Å². The molecular formula is C6H8O3. The number of hydrogen-bond donors (Lipinski definition) is 1. The Balaban J connectivity index is 3.69. The van der Waals surface area contributed by atoms with Gasteiger partial charge in [-0.05, 0) is 19.1 Å². The van der Waals surface area contributed by atoms with Crippen LogP contribution in [0.3, 0.4) is 0 Å². The molecule has 0 spiro atoms. The molecule has 0 aliphatic rings. The van der Waals surface area contributed by atoms with Crippen LogP contribution in [0.1, 0.15) is 6.92 Å². The molecule has 3 heteroatoms. The maximum atomic E-state index is 10.2. The molecule has 0 saturated heterocycles. The highest BCUT2D eigenvalue weighted by Gasteiger charge is 1.92. The average molecular weight is 128 g/mol. The van der Waals surface area contributed by atoms with Gasteiger partial charge in [-0.2, -0.15) is 0 Å². The van der Waals surface area contributed by atoms with Crippen LogP contribution in [0.15, 0.2) is 12.2 Å². The first-order chi connectivity index (χ1) is 4.16. The third kappa shape index (κ3) is 4.90. The van der Waals surface area contributed by atoms with Crippen molar-refractivity contribution in [3.63, 3.8) is 0 Å². The molecule has 0 aromatic rings. The van der Waals surface area contributed by atoms with E-state index in [0.29, 0.717) is 6.29 Å². The molecule has 0 rings (SSSR count). The van der Waals surface area contributed by atoms with E-state index in [4.69, 9.17) is 5.11 Å². The van der Waals surface area contributed by atoms with Crippen molar-refractivity contribution in [2.75, 3.05) is 0 Å². The summed E-state index contributed by atoms with van der Waals surface area (Å²) < 4.78 is 0. The maximum Gasteiger partial charge on any atom is 0.152 e. The first-order valence-electron chi connectivity index (χ1n) is 2.49. The van der Waals surface area contributed by atoms with Crippen LogP contribution in [0.4, 0.5) is 0 Å². The van der Waals surface area contributed by atoms with Crippen molar-refractivity contribution in [3.8, 4) is 0 Å². The fourth-order valence-corrected chi connectivity index (χ4v) is 0.279. The Morgan fingerprint density at radius 1 is 1.67 bits per heavy atom. The lowest BCUT2D eigenvalue weighted by Crippen LogP contribution is -2.02. The van der Waals surface area contributed by atoms with Gasteiger partial charge in [-0.1, -0.05) is 0 Å². The van der Waals surface area contributed by atoms with Gasteiger partial charge in [0.15, 0.2) is 12.1 Å². The molecule has 0 saturated carbocycles. The molecule has 0 aromatic heterocycles. The van der Waals surface area contributed by atoms with Crippen molar-refractivity contribution in [1.29, 1.82) is 0 Å². The second kappa shape index (κ2) is 3.97. The van der Waals surface area contributed by atoms with Crippen molar-refractivity contribution in [2.24, 2.45) is 0 Å². The van der Waals surface area contributed by atoms with Gasteiger partial charge in [-0.15, -0.1) is 0 Å². The smallest absolute Gasteiger partial charge is 0.152 e. The zero-order valence-corrected chi connectivity index (χ0v) is 5.07. The molecule has 0 aromatic carbocycles. The van der Waals surface area contributed by atoms with Crippen molar-refractivity contribution in [1.82, 2.24) is 0 Å². The van der Waals surface area contributed by atoms with Crippen LogP contribution in [-0.2, 0) is 9.59 Å². The topological polar surface area (TPSA) is 54.4 Å². The Labute approximate surface area is 53.0 Å². The predicted molar refractivity (Wildman–Crippen MR) is 31.9 cm³/mol. The molecular weight excluding hydrogens is 120 g/mol. The molecule has 1 atom stereocenters. The Bertz CT molecular complexity index is 137. The molecule has 0 fully saturated rings. The van der Waals surface area contributed by atoms with Gasteiger partial charge in [-0.3, -0.25) is 4.79 Å². The van der Waals surface area contributed by atoms with Gasteiger partial charge in [0.2, 0.25) is 0 Å². The summed E-state index contributed by atoms with van der Waals surface area (Å²) in [5, 5.41) is 8.50. The van der Waals surface area contributed by atoms with Gasteiger partial charge in [0.05, 0.1) is 0 Å². The Hall–Kier alpha value is -0.960. The number of aldehydes is 1. The first-order valence-corrected chi connectivity index (χ1v) is 2.49. The SMILES string of the molecule is CC(=O)/C=C\C(O)C=O. The van der Waals surface area contributed by atoms with Crippen LogP contribution in [-0.4, -0.2) is 23.3 Å². The highest BCUT2D eigenvalue weighted by molar-refractivity contribution is 5.87. The van der Waals surface area contributed by atoms with E-state index in [1.165, 1.54) is 6.92 Å². The van der Waals surface area contributed by atoms with Gasteiger partial charge < -0.3 is 9.90 Å². The Morgan fingerprint density at radius 3 is 2.56 bits per heavy atom. The van der Waals surface area contributed by atoms with E-state index >= 15 is 0 Å². The lowest BCUT2D eigenvalue weighted by Gasteiger charge is -1.87. The molecule has 0 amide bonds. The number of allylic oxidation sites excluding steroid dienone is 1. The minimum atomic E-state index is -1.14. The molecule has 1 unspecified atom stereocenters. The molecule has 50 valence electrons. The molecule has 0 heterocycles. The Morgan fingerprint density at radius 2 is 2.22 bits per heavy atom. The van der Waals surface area contributed by atoms with Gasteiger partial charge in [0, 0.05) is 0 Å². The van der Waals surface area contributed by atoms with Crippen molar-refractivity contribution < 1.29 is 14.7 Å². The number of hydrogen-bond acceptors (Lipinski definition) is 3. The van der Waals surface area contributed by atoms with E-state index in [1.807, 2.05) is 0 Å². The van der Waals surface area contributed by atoms with E-state index in [-0.39, 0.29) is 5.78 Å². The van der Waals surface area contributed by atoms with Crippen molar-refractivity contribution in [2.45, 2.75) is 13.0 Å². The number of rotatable bonds is 3. The zero-order chi connectivity index (χ0) is 7.28. The van der Waals surface area contributed by atoms with Gasteiger partial charge in [0.25, 0.3) is 0 Å². The highest BCUT2D eigenvalue weighted by Crippen LogP contribution is 1.80. The highest BCUT2D eigenvalue weighted by atomic mass is 16.3. The summed E-state index contributed by atoms with van der Waals surface area (Å²) in [5.41, 5.74) is 0. The van der Waals surface area contributed by atoms with Crippen molar-refractivity contribution in [3.05, 3.63) is 12.2 Å². The molecule has 0 bridgehead atoms. The van der Waals surface area contributed by atoms with Crippen LogP contribution in [0.25, 0.3) is 0 Å². The molecule has 0 aliphatic heterocycles. The number of aliphatic hydroxyl groups is 1. The van der Waals surface area contributed by atoms with Crippen LogP contribution in [0.2, 0.25) is 0 Å². The average Bonchev–Trinajstić information content (AvgIpc) is 1.83. The minimum Gasteiger partial charge on any atom is -0.381 e. The summed E-state index contributed by atoms with van der Waals surface area (Å²) in [4.78, 5) is 19.9. The Kier molecular flexibility index (Phi) is 3.55. The largest absolute Gasteiger partial charge is 0.381 e. The fourth-order valence-electron chi connectivity index (χ4n) is 0.279. The number of aliphatic hydroxyl groups excluding tert-OH is 1. The van der Waals surface area contributed by atoms with Gasteiger partial charge in [-0.25, -0.2) is 0 Å². The number of carbonyl (C=O) groups is 2. The lowest BCUT2D eigenvalue weighted by atomic mass is 10.3. The van der Waals surface area contributed by atoms with E-state index in [1.54, 1.807) is 0 Å². The molecule has 3 nitrogen and oxygen atoms in total. The fraction of sp³-hybridized carbons (Fsp3) is 0.333. The van der Waals surface area contributed by atoms with Crippen molar-refractivity contribution >= 4 is 12.1 Å². The summed E-state index contributed by atoms with van der Waals surface area (Å²) in [5.74, 6) is -0.184. The van der Waals surface area contributed by atoms with Gasteiger partial charge >= 0.3 is 0 Å². The van der Waals surface area contributed by atoms with Gasteiger partial charge in [0.1, 0.15) is 6.10 Å². The summed E-state index contributed by atoms with van der Waals surface area (Å²) in [7, 11) is 0. The summed E-state index contributed by atoms with van der Waals surface area (Å²) in [6.45, 7) is 1.34. The first kappa shape index (κ1) is 8.04. The van der Waals surface area contributed by atoms with Crippen LogP contribution in [0, 0.1) is 0 Å². The second-order valence-electron chi connectivity index (χ2n) is 1.60. The van der Waals surface area contributed by atoms with E-state index < -0.39 is 6.10 Å². The standard InChI is InChI=1S/C6H8O3/c1-5(8)2-3-6(9)4-7/h2-4,6,9H,1H3/b3-2-. The lowest BCUT2D eigenvalue weighted by molar-refractivity contribution is -0.113.